The molecule has 0 bridgehead atoms. The highest BCUT2D eigenvalue weighted by atomic mass is 16.5. The molecule has 0 unspecified atom stereocenters. The molecule has 2 aromatic carbocycles. The van der Waals surface area contributed by atoms with Crippen molar-refractivity contribution in [1.82, 2.24) is 10.3 Å². The standard InChI is InChI=1S/C20H19N3O3/c1-3-12-26-17-11-7-8-15(13-17)14-21-23-18(24)20(2,22-19(23)25)16-9-5-4-6-10-16/h3-11,13-14H,1,12H2,2H3,(H,22,25)/b21-14-/t20-/m0/s1. The molecule has 0 saturated carbocycles. The number of benzene rings is 2. The van der Waals surface area contributed by atoms with Crippen LogP contribution in [0.2, 0.25) is 0 Å². The number of nitrogens with zero attached hydrogens (tertiary/aromatic N) is 2. The maximum atomic E-state index is 12.8. The lowest BCUT2D eigenvalue weighted by molar-refractivity contribution is -0.131. The highest BCUT2D eigenvalue weighted by molar-refractivity contribution is 6.07. The second-order valence-electron chi connectivity index (χ2n) is 5.95. The van der Waals surface area contributed by atoms with Crippen LogP contribution in [0.4, 0.5) is 4.79 Å². The molecule has 0 aliphatic carbocycles. The molecular formula is C20H19N3O3. The second-order valence-corrected chi connectivity index (χ2v) is 5.95. The summed E-state index contributed by atoms with van der Waals surface area (Å²) in [5.41, 5.74) is 0.279. The van der Waals surface area contributed by atoms with E-state index >= 15 is 0 Å². The van der Waals surface area contributed by atoms with Gasteiger partial charge in [-0.3, -0.25) is 4.79 Å². The molecule has 0 aromatic heterocycles. The van der Waals surface area contributed by atoms with Crippen molar-refractivity contribution in [3.8, 4) is 5.75 Å². The van der Waals surface area contributed by atoms with Gasteiger partial charge < -0.3 is 10.1 Å². The Labute approximate surface area is 151 Å². The Kier molecular flexibility index (Phi) is 4.84. The zero-order chi connectivity index (χ0) is 18.6. The normalized spacial score (nSPS) is 19.7. The molecule has 3 rings (SSSR count). The fourth-order valence-electron chi connectivity index (χ4n) is 2.66. The van der Waals surface area contributed by atoms with Gasteiger partial charge in [0.2, 0.25) is 0 Å². The van der Waals surface area contributed by atoms with Crippen LogP contribution in [-0.4, -0.2) is 29.8 Å². The summed E-state index contributed by atoms with van der Waals surface area (Å²) >= 11 is 0. The van der Waals surface area contributed by atoms with Gasteiger partial charge in [-0.1, -0.05) is 55.1 Å². The summed E-state index contributed by atoms with van der Waals surface area (Å²) in [7, 11) is 0. The Morgan fingerprint density at radius 3 is 2.69 bits per heavy atom. The van der Waals surface area contributed by atoms with Crippen molar-refractivity contribution in [3.05, 3.63) is 78.4 Å². The number of carbonyl (C=O) groups excluding carboxylic acids is 2. The van der Waals surface area contributed by atoms with Gasteiger partial charge in [0.1, 0.15) is 17.9 Å². The smallest absolute Gasteiger partial charge is 0.346 e. The van der Waals surface area contributed by atoms with Gasteiger partial charge in [0.05, 0.1) is 6.21 Å². The molecule has 26 heavy (non-hydrogen) atoms. The fraction of sp³-hybridized carbons (Fsp3) is 0.150. The van der Waals surface area contributed by atoms with Gasteiger partial charge in [-0.2, -0.15) is 5.10 Å². The molecular weight excluding hydrogens is 330 g/mol. The number of hydrazone groups is 1. The maximum absolute atomic E-state index is 12.8. The lowest BCUT2D eigenvalue weighted by atomic mass is 9.92. The molecule has 6 heteroatoms. The number of imide groups is 1. The molecule has 0 spiro atoms. The summed E-state index contributed by atoms with van der Waals surface area (Å²) in [6, 6.07) is 15.7. The van der Waals surface area contributed by atoms with Gasteiger partial charge in [0.25, 0.3) is 5.91 Å². The van der Waals surface area contributed by atoms with Gasteiger partial charge in [0, 0.05) is 0 Å². The molecule has 132 valence electrons. The topological polar surface area (TPSA) is 71.0 Å². The van der Waals surface area contributed by atoms with Crippen molar-refractivity contribution in [3.63, 3.8) is 0 Å². The van der Waals surface area contributed by atoms with Crippen molar-refractivity contribution in [2.75, 3.05) is 6.61 Å². The van der Waals surface area contributed by atoms with E-state index in [1.54, 1.807) is 49.4 Å². The van der Waals surface area contributed by atoms with Crippen molar-refractivity contribution in [1.29, 1.82) is 0 Å². The van der Waals surface area contributed by atoms with Gasteiger partial charge in [0.15, 0.2) is 0 Å². The monoisotopic (exact) mass is 349 g/mol. The van der Waals surface area contributed by atoms with Crippen LogP contribution in [0.5, 0.6) is 5.75 Å². The molecule has 3 amide bonds. The summed E-state index contributed by atoms with van der Waals surface area (Å²) < 4.78 is 5.46. The van der Waals surface area contributed by atoms with E-state index in [0.29, 0.717) is 23.5 Å². The van der Waals surface area contributed by atoms with Crippen LogP contribution in [0.15, 0.2) is 72.4 Å². The minimum atomic E-state index is -1.13. The van der Waals surface area contributed by atoms with Crippen molar-refractivity contribution in [2.45, 2.75) is 12.5 Å². The number of urea groups is 1. The molecule has 2 aromatic rings. The minimum absolute atomic E-state index is 0.392. The van der Waals surface area contributed by atoms with Crippen LogP contribution in [0, 0.1) is 0 Å². The predicted molar refractivity (Wildman–Crippen MR) is 98.9 cm³/mol. The summed E-state index contributed by atoms with van der Waals surface area (Å²) in [4.78, 5) is 25.0. The van der Waals surface area contributed by atoms with E-state index in [1.807, 2.05) is 18.2 Å². The van der Waals surface area contributed by atoms with Crippen LogP contribution in [0.3, 0.4) is 0 Å². The minimum Gasteiger partial charge on any atom is -0.490 e. The molecule has 6 nitrogen and oxygen atoms in total. The molecule has 1 heterocycles. The first-order chi connectivity index (χ1) is 12.5. The van der Waals surface area contributed by atoms with E-state index in [9.17, 15) is 9.59 Å². The first-order valence-electron chi connectivity index (χ1n) is 8.14. The molecule has 1 aliphatic rings. The molecule has 1 saturated heterocycles. The van der Waals surface area contributed by atoms with Crippen LogP contribution in [-0.2, 0) is 10.3 Å². The summed E-state index contributed by atoms with van der Waals surface area (Å²) in [5.74, 6) is 0.226. The van der Waals surface area contributed by atoms with Gasteiger partial charge >= 0.3 is 6.03 Å². The van der Waals surface area contributed by atoms with E-state index in [0.717, 1.165) is 5.01 Å². The average molecular weight is 349 g/mol. The first kappa shape index (κ1) is 17.4. The van der Waals surface area contributed by atoms with Crippen molar-refractivity contribution in [2.24, 2.45) is 5.10 Å². The molecule has 1 fully saturated rings. The highest BCUT2D eigenvalue weighted by Crippen LogP contribution is 2.28. The van der Waals surface area contributed by atoms with Crippen LogP contribution in [0.25, 0.3) is 0 Å². The highest BCUT2D eigenvalue weighted by Gasteiger charge is 2.49. The lowest BCUT2D eigenvalue weighted by Crippen LogP contribution is -2.40. The van der Waals surface area contributed by atoms with Gasteiger partial charge in [-0.25, -0.2) is 4.79 Å². The Hall–Kier alpha value is -3.41. The fourth-order valence-corrected chi connectivity index (χ4v) is 2.66. The molecule has 1 atom stereocenters. The number of hydrogen-bond donors (Lipinski definition) is 1. The largest absolute Gasteiger partial charge is 0.490 e. The molecule has 1 N–H and O–H groups in total. The summed E-state index contributed by atoms with van der Waals surface area (Å²) in [5, 5.41) is 7.63. The lowest BCUT2D eigenvalue weighted by Gasteiger charge is -2.20. The molecule has 1 aliphatic heterocycles. The number of ether oxygens (including phenoxy) is 1. The Balaban J connectivity index is 1.80. The van der Waals surface area contributed by atoms with Crippen LogP contribution in [0.1, 0.15) is 18.1 Å². The van der Waals surface area contributed by atoms with Gasteiger partial charge in [-0.05, 0) is 30.2 Å². The average Bonchev–Trinajstić information content (AvgIpc) is 2.89. The predicted octanol–water partition coefficient (Wildman–Crippen LogP) is 3.05. The third kappa shape index (κ3) is 3.35. The van der Waals surface area contributed by atoms with Gasteiger partial charge in [-0.15, -0.1) is 5.01 Å². The maximum Gasteiger partial charge on any atom is 0.346 e. The summed E-state index contributed by atoms with van der Waals surface area (Å²) in [6.45, 7) is 5.66. The Morgan fingerprint density at radius 2 is 1.96 bits per heavy atom. The van der Waals surface area contributed by atoms with E-state index < -0.39 is 17.5 Å². The SMILES string of the molecule is C=CCOc1cccc(/C=N\N2C(=O)N[C@@](C)(c3ccccc3)C2=O)c1. The van der Waals surface area contributed by atoms with E-state index in [2.05, 4.69) is 17.0 Å². The summed E-state index contributed by atoms with van der Waals surface area (Å²) in [6.07, 6.45) is 3.10. The zero-order valence-electron chi connectivity index (χ0n) is 14.4. The number of amides is 3. The third-order valence-corrected chi connectivity index (χ3v) is 4.07. The molecule has 0 radical (unpaired) electrons. The third-order valence-electron chi connectivity index (χ3n) is 4.07. The van der Waals surface area contributed by atoms with E-state index in [1.165, 1.54) is 6.21 Å². The number of hydrogen-bond acceptors (Lipinski definition) is 4. The quantitative estimate of drug-likeness (QED) is 0.495. The first-order valence-corrected chi connectivity index (χ1v) is 8.14. The number of nitrogens with one attached hydrogen (secondary N) is 1. The number of rotatable bonds is 6. The van der Waals surface area contributed by atoms with E-state index in [4.69, 9.17) is 4.74 Å². The zero-order valence-corrected chi connectivity index (χ0v) is 14.4. The second kappa shape index (κ2) is 7.23. The van der Waals surface area contributed by atoms with Crippen molar-refractivity contribution < 1.29 is 14.3 Å². The Bertz CT molecular complexity index is 864. The van der Waals surface area contributed by atoms with Crippen LogP contribution < -0.4 is 10.1 Å². The van der Waals surface area contributed by atoms with Crippen molar-refractivity contribution >= 4 is 18.2 Å². The van der Waals surface area contributed by atoms with E-state index in [-0.39, 0.29) is 0 Å². The van der Waals surface area contributed by atoms with Crippen LogP contribution >= 0.6 is 0 Å². The number of carbonyl (C=O) groups is 2. The Morgan fingerprint density at radius 1 is 1.19 bits per heavy atom.